The predicted octanol–water partition coefficient (Wildman–Crippen LogP) is 1.93. The summed E-state index contributed by atoms with van der Waals surface area (Å²) >= 11 is 0. The molecule has 1 atom stereocenters. The van der Waals surface area contributed by atoms with Crippen molar-refractivity contribution in [2.24, 2.45) is 0 Å². The number of carbonyl (C=O) groups is 1. The fraction of sp³-hybridized carbons (Fsp3) is 0.385. The number of hydrogen-bond donors (Lipinski definition) is 0. The van der Waals surface area contributed by atoms with E-state index in [9.17, 15) is 4.79 Å². The van der Waals surface area contributed by atoms with E-state index in [0.717, 1.165) is 19.4 Å². The Balaban J connectivity index is 2.04. The van der Waals surface area contributed by atoms with Gasteiger partial charge in [-0.3, -0.25) is 4.79 Å². The molecule has 1 aliphatic rings. The molecule has 4 heteroatoms. The van der Waals surface area contributed by atoms with Gasteiger partial charge in [0.15, 0.2) is 0 Å². The van der Waals surface area contributed by atoms with Crippen molar-refractivity contribution in [3.63, 3.8) is 0 Å². The van der Waals surface area contributed by atoms with Crippen LogP contribution in [0.5, 0.6) is 5.75 Å². The second kappa shape index (κ2) is 5.46. The maximum Gasteiger partial charge on any atom is 0.150 e. The lowest BCUT2D eigenvalue weighted by Crippen LogP contribution is -2.16. The number of nitriles is 1. The first-order chi connectivity index (χ1) is 8.33. The van der Waals surface area contributed by atoms with E-state index in [1.165, 1.54) is 6.07 Å². The highest BCUT2D eigenvalue weighted by Gasteiger charge is 2.16. The molecule has 1 unspecified atom stereocenters. The highest BCUT2D eigenvalue weighted by Crippen LogP contribution is 2.20. The third-order valence-corrected chi connectivity index (χ3v) is 2.71. The maximum atomic E-state index is 10.6. The van der Waals surface area contributed by atoms with E-state index in [4.69, 9.17) is 14.7 Å². The number of hydrogen-bond acceptors (Lipinski definition) is 4. The van der Waals surface area contributed by atoms with Crippen molar-refractivity contribution in [2.45, 2.75) is 18.9 Å². The van der Waals surface area contributed by atoms with Crippen LogP contribution in [0.1, 0.15) is 28.8 Å². The molecule has 1 saturated heterocycles. The lowest BCUT2D eigenvalue weighted by molar-refractivity contribution is 0.0678. The number of aldehydes is 1. The average Bonchev–Trinajstić information content (AvgIpc) is 2.89. The van der Waals surface area contributed by atoms with Crippen LogP contribution in [0.25, 0.3) is 0 Å². The molecule has 88 valence electrons. The standard InChI is InChI=1S/C13H13NO3/c14-7-11-6-10(8-15)3-4-13(11)17-9-12-2-1-5-16-12/h3-4,6,8,12H,1-2,5,9H2. The Labute approximate surface area is 99.8 Å². The number of benzene rings is 1. The normalized spacial score (nSPS) is 18.6. The van der Waals surface area contributed by atoms with Crippen LogP contribution < -0.4 is 4.74 Å². The molecule has 0 aromatic heterocycles. The van der Waals surface area contributed by atoms with Gasteiger partial charge in [0, 0.05) is 12.2 Å². The lowest BCUT2D eigenvalue weighted by Gasteiger charge is -2.12. The summed E-state index contributed by atoms with van der Waals surface area (Å²) in [5.41, 5.74) is 0.860. The zero-order valence-corrected chi connectivity index (χ0v) is 9.39. The number of ether oxygens (including phenoxy) is 2. The minimum absolute atomic E-state index is 0.118. The van der Waals surface area contributed by atoms with Gasteiger partial charge in [-0.2, -0.15) is 5.26 Å². The number of nitrogens with zero attached hydrogens (tertiary/aromatic N) is 1. The van der Waals surface area contributed by atoms with E-state index in [2.05, 4.69) is 0 Å². The van der Waals surface area contributed by atoms with Crippen LogP contribution in [0.3, 0.4) is 0 Å². The minimum Gasteiger partial charge on any atom is -0.489 e. The van der Waals surface area contributed by atoms with Gasteiger partial charge in [-0.1, -0.05) is 0 Å². The number of rotatable bonds is 4. The Hall–Kier alpha value is -1.86. The summed E-state index contributed by atoms with van der Waals surface area (Å²) in [5.74, 6) is 0.508. The van der Waals surface area contributed by atoms with E-state index in [1.54, 1.807) is 12.1 Å². The fourth-order valence-corrected chi connectivity index (χ4v) is 1.79. The van der Waals surface area contributed by atoms with Crippen molar-refractivity contribution < 1.29 is 14.3 Å². The van der Waals surface area contributed by atoms with Gasteiger partial charge in [-0.25, -0.2) is 0 Å². The van der Waals surface area contributed by atoms with Gasteiger partial charge in [-0.05, 0) is 31.0 Å². The minimum atomic E-state index is 0.118. The summed E-state index contributed by atoms with van der Waals surface area (Å²) in [6, 6.07) is 6.83. The molecule has 1 aliphatic heterocycles. The summed E-state index contributed by atoms with van der Waals surface area (Å²) in [6.07, 6.45) is 2.88. The van der Waals surface area contributed by atoms with Crippen LogP contribution in [0, 0.1) is 11.3 Å². The smallest absolute Gasteiger partial charge is 0.150 e. The van der Waals surface area contributed by atoms with Gasteiger partial charge in [0.05, 0.1) is 11.7 Å². The Morgan fingerprint density at radius 3 is 3.12 bits per heavy atom. The van der Waals surface area contributed by atoms with Crippen molar-refractivity contribution in [3.8, 4) is 11.8 Å². The molecule has 0 radical (unpaired) electrons. The Morgan fingerprint density at radius 2 is 2.47 bits per heavy atom. The van der Waals surface area contributed by atoms with Crippen molar-refractivity contribution in [2.75, 3.05) is 13.2 Å². The van der Waals surface area contributed by atoms with Crippen LogP contribution >= 0.6 is 0 Å². The molecule has 1 heterocycles. The quantitative estimate of drug-likeness (QED) is 0.743. The van der Waals surface area contributed by atoms with Gasteiger partial charge >= 0.3 is 0 Å². The van der Waals surface area contributed by atoms with Gasteiger partial charge in [-0.15, -0.1) is 0 Å². The Morgan fingerprint density at radius 1 is 1.59 bits per heavy atom. The summed E-state index contributed by atoms with van der Waals surface area (Å²) < 4.78 is 11.0. The van der Waals surface area contributed by atoms with Crippen LogP contribution in [0.15, 0.2) is 18.2 Å². The van der Waals surface area contributed by atoms with E-state index < -0.39 is 0 Å². The van der Waals surface area contributed by atoms with E-state index in [1.807, 2.05) is 6.07 Å². The Bertz CT molecular complexity index is 444. The first-order valence-electron chi connectivity index (χ1n) is 5.57. The second-order valence-electron chi connectivity index (χ2n) is 3.93. The topological polar surface area (TPSA) is 59.3 Å². The Kier molecular flexibility index (Phi) is 3.73. The monoisotopic (exact) mass is 231 g/mol. The van der Waals surface area contributed by atoms with E-state index in [-0.39, 0.29) is 6.10 Å². The molecule has 0 amide bonds. The summed E-state index contributed by atoms with van der Waals surface area (Å²) in [5, 5.41) is 8.95. The molecular weight excluding hydrogens is 218 g/mol. The second-order valence-corrected chi connectivity index (χ2v) is 3.93. The average molecular weight is 231 g/mol. The van der Waals surface area contributed by atoms with Crippen molar-refractivity contribution in [3.05, 3.63) is 29.3 Å². The molecule has 0 bridgehead atoms. The zero-order chi connectivity index (χ0) is 12.1. The molecule has 1 aromatic carbocycles. The fourth-order valence-electron chi connectivity index (χ4n) is 1.79. The molecule has 17 heavy (non-hydrogen) atoms. The third kappa shape index (κ3) is 2.83. The largest absolute Gasteiger partial charge is 0.489 e. The molecule has 0 aliphatic carbocycles. The van der Waals surface area contributed by atoms with Gasteiger partial charge in [0.2, 0.25) is 0 Å². The zero-order valence-electron chi connectivity index (χ0n) is 9.39. The van der Waals surface area contributed by atoms with Crippen molar-refractivity contribution >= 4 is 6.29 Å². The molecule has 4 nitrogen and oxygen atoms in total. The van der Waals surface area contributed by atoms with Gasteiger partial charge in [0.1, 0.15) is 24.7 Å². The number of carbonyl (C=O) groups excluding carboxylic acids is 1. The summed E-state index contributed by atoms with van der Waals surface area (Å²) in [4.78, 5) is 10.6. The molecular formula is C13H13NO3. The SMILES string of the molecule is N#Cc1cc(C=O)ccc1OCC1CCCO1. The first kappa shape index (κ1) is 11.6. The molecule has 0 saturated carbocycles. The van der Waals surface area contributed by atoms with Crippen LogP contribution in [0.4, 0.5) is 0 Å². The van der Waals surface area contributed by atoms with Gasteiger partial charge < -0.3 is 9.47 Å². The predicted molar refractivity (Wildman–Crippen MR) is 61.0 cm³/mol. The molecule has 2 rings (SSSR count). The highest BCUT2D eigenvalue weighted by molar-refractivity contribution is 5.76. The molecule has 1 aromatic rings. The van der Waals surface area contributed by atoms with Crippen molar-refractivity contribution in [1.29, 1.82) is 5.26 Å². The first-order valence-corrected chi connectivity index (χ1v) is 5.57. The summed E-state index contributed by atoms with van der Waals surface area (Å²) in [6.45, 7) is 1.23. The van der Waals surface area contributed by atoms with Crippen LogP contribution in [-0.2, 0) is 4.74 Å². The van der Waals surface area contributed by atoms with E-state index >= 15 is 0 Å². The third-order valence-electron chi connectivity index (χ3n) is 2.71. The molecule has 1 fully saturated rings. The highest BCUT2D eigenvalue weighted by atomic mass is 16.5. The van der Waals surface area contributed by atoms with Crippen LogP contribution in [0.2, 0.25) is 0 Å². The molecule has 0 N–H and O–H groups in total. The lowest BCUT2D eigenvalue weighted by atomic mass is 10.1. The van der Waals surface area contributed by atoms with Crippen molar-refractivity contribution in [1.82, 2.24) is 0 Å². The van der Waals surface area contributed by atoms with Gasteiger partial charge in [0.25, 0.3) is 0 Å². The summed E-state index contributed by atoms with van der Waals surface area (Å²) in [7, 11) is 0. The van der Waals surface area contributed by atoms with E-state index in [0.29, 0.717) is 29.8 Å². The maximum absolute atomic E-state index is 10.6. The van der Waals surface area contributed by atoms with Crippen LogP contribution in [-0.4, -0.2) is 25.6 Å². The molecule has 0 spiro atoms.